The predicted octanol–water partition coefficient (Wildman–Crippen LogP) is 3.79. The summed E-state index contributed by atoms with van der Waals surface area (Å²) >= 11 is 6.27. The van der Waals surface area contributed by atoms with Crippen molar-refractivity contribution >= 4 is 47.6 Å². The molecule has 2 fully saturated rings. The molecule has 7 nitrogen and oxygen atoms in total. The van der Waals surface area contributed by atoms with Crippen LogP contribution in [0.5, 0.6) is 0 Å². The Hall–Kier alpha value is -1.26. The predicted molar refractivity (Wildman–Crippen MR) is 135 cm³/mol. The van der Waals surface area contributed by atoms with Crippen molar-refractivity contribution < 1.29 is 14.3 Å². The van der Waals surface area contributed by atoms with Gasteiger partial charge in [0.25, 0.3) is 0 Å². The average molecular weight is 565 g/mol. The molecule has 0 atom stereocenters. The van der Waals surface area contributed by atoms with Gasteiger partial charge in [-0.3, -0.25) is 4.99 Å². The highest BCUT2D eigenvalue weighted by molar-refractivity contribution is 14.0. The number of carbonyl (C=O) groups is 1. The zero-order chi connectivity index (χ0) is 21.4. The molecule has 0 aromatic heterocycles. The summed E-state index contributed by atoms with van der Waals surface area (Å²) in [5.41, 5.74) is 1.21. The molecule has 1 aromatic carbocycles. The zero-order valence-corrected chi connectivity index (χ0v) is 21.4. The van der Waals surface area contributed by atoms with Crippen LogP contribution in [0.2, 0.25) is 5.02 Å². The maximum atomic E-state index is 11.9. The first kappa shape index (κ1) is 26.0. The zero-order valence-electron chi connectivity index (χ0n) is 18.4. The summed E-state index contributed by atoms with van der Waals surface area (Å²) in [6.45, 7) is 5.87. The number of hydrogen-bond acceptors (Lipinski definition) is 4. The maximum Gasteiger partial charge on any atom is 0.409 e. The number of hydrogen-bond donors (Lipinski definition) is 2. The Morgan fingerprint density at radius 3 is 2.65 bits per heavy atom. The summed E-state index contributed by atoms with van der Waals surface area (Å²) in [6, 6.07) is 8.42. The van der Waals surface area contributed by atoms with Gasteiger partial charge in [-0.15, -0.1) is 24.0 Å². The average Bonchev–Trinajstić information content (AvgIpc) is 2.78. The molecule has 0 unspecified atom stereocenters. The fraction of sp³-hybridized carbons (Fsp3) is 0.636. The Balaban J connectivity index is 0.00000341. The van der Waals surface area contributed by atoms with Crippen molar-refractivity contribution in [3.8, 4) is 0 Å². The van der Waals surface area contributed by atoms with Crippen LogP contribution in [-0.4, -0.2) is 69.5 Å². The van der Waals surface area contributed by atoms with Crippen LogP contribution in [0.3, 0.4) is 0 Å². The first-order valence-electron chi connectivity index (χ1n) is 10.8. The first-order valence-corrected chi connectivity index (χ1v) is 11.2. The SMILES string of the molecule is CCOC(=O)N1CCC(NC(=NC)NCC2(c3cccc(Cl)c3)CCOCC2)CC1.I. The number of ether oxygens (including phenoxy) is 2. The molecule has 1 aromatic rings. The van der Waals surface area contributed by atoms with E-state index in [0.29, 0.717) is 19.7 Å². The largest absolute Gasteiger partial charge is 0.450 e. The Morgan fingerprint density at radius 1 is 1.32 bits per heavy atom. The fourth-order valence-corrected chi connectivity index (χ4v) is 4.40. The standard InChI is InChI=1S/C22H33ClN4O3.HI/c1-3-30-21(28)27-11-7-19(8-12-27)26-20(24-2)25-16-22(9-13-29-14-10-22)17-5-4-6-18(23)15-17;/h4-6,15,19H,3,7-14,16H2,1-2H3,(H2,24,25,26);1H. The maximum absolute atomic E-state index is 11.9. The lowest BCUT2D eigenvalue weighted by atomic mass is 9.74. The molecule has 0 bridgehead atoms. The van der Waals surface area contributed by atoms with E-state index in [0.717, 1.165) is 56.4 Å². The lowest BCUT2D eigenvalue weighted by molar-refractivity contribution is 0.0513. The summed E-state index contributed by atoms with van der Waals surface area (Å²) < 4.78 is 10.7. The van der Waals surface area contributed by atoms with Gasteiger partial charge >= 0.3 is 6.09 Å². The van der Waals surface area contributed by atoms with E-state index in [1.807, 2.05) is 19.1 Å². The minimum atomic E-state index is -0.221. The second-order valence-corrected chi connectivity index (χ2v) is 8.37. The Kier molecular flexibility index (Phi) is 10.6. The number of carbonyl (C=O) groups excluding carboxylic acids is 1. The quantitative estimate of drug-likeness (QED) is 0.323. The van der Waals surface area contributed by atoms with Gasteiger partial charge in [0.15, 0.2) is 5.96 Å². The molecule has 2 aliphatic heterocycles. The van der Waals surface area contributed by atoms with Crippen molar-refractivity contribution in [1.82, 2.24) is 15.5 Å². The molecule has 1 amide bonds. The third-order valence-corrected chi connectivity index (χ3v) is 6.30. The molecule has 174 valence electrons. The lowest BCUT2D eigenvalue weighted by Crippen LogP contribution is -2.52. The van der Waals surface area contributed by atoms with E-state index in [-0.39, 0.29) is 41.5 Å². The molecular formula is C22H34ClIN4O3. The van der Waals surface area contributed by atoms with Gasteiger partial charge in [-0.1, -0.05) is 23.7 Å². The molecule has 2 N–H and O–H groups in total. The highest BCUT2D eigenvalue weighted by atomic mass is 127. The third-order valence-electron chi connectivity index (χ3n) is 6.07. The number of guanidine groups is 1. The molecule has 0 aliphatic carbocycles. The Morgan fingerprint density at radius 2 is 2.03 bits per heavy atom. The van der Waals surface area contributed by atoms with E-state index in [1.165, 1.54) is 5.56 Å². The number of nitrogens with one attached hydrogen (secondary N) is 2. The van der Waals surface area contributed by atoms with Crippen LogP contribution < -0.4 is 10.6 Å². The number of piperidine rings is 1. The molecule has 0 radical (unpaired) electrons. The third kappa shape index (κ3) is 7.12. The molecular weight excluding hydrogens is 531 g/mol. The van der Waals surface area contributed by atoms with Crippen molar-refractivity contribution in [2.75, 3.05) is 46.5 Å². The van der Waals surface area contributed by atoms with E-state index in [4.69, 9.17) is 21.1 Å². The number of benzene rings is 1. The summed E-state index contributed by atoms with van der Waals surface area (Å²) in [7, 11) is 1.79. The van der Waals surface area contributed by atoms with Gasteiger partial charge < -0.3 is 25.0 Å². The van der Waals surface area contributed by atoms with Gasteiger partial charge in [-0.25, -0.2) is 4.79 Å². The van der Waals surface area contributed by atoms with Crippen LogP contribution in [0.25, 0.3) is 0 Å². The van der Waals surface area contributed by atoms with E-state index in [2.05, 4.69) is 27.8 Å². The molecule has 9 heteroatoms. The Labute approximate surface area is 207 Å². The second-order valence-electron chi connectivity index (χ2n) is 7.93. The smallest absolute Gasteiger partial charge is 0.409 e. The van der Waals surface area contributed by atoms with Crippen molar-refractivity contribution in [2.24, 2.45) is 4.99 Å². The van der Waals surface area contributed by atoms with Gasteiger partial charge in [0.1, 0.15) is 0 Å². The van der Waals surface area contributed by atoms with Crippen molar-refractivity contribution in [3.63, 3.8) is 0 Å². The summed E-state index contributed by atoms with van der Waals surface area (Å²) in [6.07, 6.45) is 3.39. The van der Waals surface area contributed by atoms with E-state index < -0.39 is 0 Å². The minimum Gasteiger partial charge on any atom is -0.450 e. The monoisotopic (exact) mass is 564 g/mol. The second kappa shape index (κ2) is 12.7. The van der Waals surface area contributed by atoms with Gasteiger partial charge in [0.2, 0.25) is 0 Å². The highest BCUT2D eigenvalue weighted by Crippen LogP contribution is 2.35. The number of rotatable bonds is 5. The lowest BCUT2D eigenvalue weighted by Gasteiger charge is -2.39. The van der Waals surface area contributed by atoms with Crippen LogP contribution >= 0.6 is 35.6 Å². The first-order chi connectivity index (χ1) is 14.6. The van der Waals surface area contributed by atoms with Crippen molar-refractivity contribution in [2.45, 2.75) is 44.1 Å². The number of amides is 1. The molecule has 2 saturated heterocycles. The summed E-state index contributed by atoms with van der Waals surface area (Å²) in [5, 5.41) is 7.81. The van der Waals surface area contributed by atoms with Crippen LogP contribution in [0.15, 0.2) is 29.3 Å². The molecule has 0 spiro atoms. The topological polar surface area (TPSA) is 75.2 Å². The van der Waals surface area contributed by atoms with Crippen LogP contribution in [0, 0.1) is 0 Å². The highest BCUT2D eigenvalue weighted by Gasteiger charge is 2.35. The molecule has 2 heterocycles. The van der Waals surface area contributed by atoms with Gasteiger partial charge in [-0.05, 0) is 50.3 Å². The van der Waals surface area contributed by atoms with Crippen LogP contribution in [0.1, 0.15) is 38.2 Å². The molecule has 31 heavy (non-hydrogen) atoms. The van der Waals surface area contributed by atoms with Crippen molar-refractivity contribution in [1.29, 1.82) is 0 Å². The van der Waals surface area contributed by atoms with Crippen molar-refractivity contribution in [3.05, 3.63) is 34.9 Å². The molecule has 2 aliphatic rings. The van der Waals surface area contributed by atoms with E-state index >= 15 is 0 Å². The summed E-state index contributed by atoms with van der Waals surface area (Å²) in [4.78, 5) is 18.1. The molecule has 3 rings (SSSR count). The van der Waals surface area contributed by atoms with Gasteiger partial charge in [-0.2, -0.15) is 0 Å². The number of halogens is 2. The number of aliphatic imine (C=N–C) groups is 1. The van der Waals surface area contributed by atoms with E-state index in [1.54, 1.807) is 11.9 Å². The van der Waals surface area contributed by atoms with Gasteiger partial charge in [0.05, 0.1) is 6.61 Å². The number of likely N-dealkylation sites (tertiary alicyclic amines) is 1. The van der Waals surface area contributed by atoms with Crippen LogP contribution in [0.4, 0.5) is 4.79 Å². The molecule has 0 saturated carbocycles. The number of nitrogens with zero attached hydrogens (tertiary/aromatic N) is 2. The van der Waals surface area contributed by atoms with Gasteiger partial charge in [0, 0.05) is 56.4 Å². The normalized spacial score (nSPS) is 19.3. The van der Waals surface area contributed by atoms with E-state index in [9.17, 15) is 4.79 Å². The van der Waals surface area contributed by atoms with Crippen LogP contribution in [-0.2, 0) is 14.9 Å². The Bertz CT molecular complexity index is 735. The minimum absolute atomic E-state index is 0. The summed E-state index contributed by atoms with van der Waals surface area (Å²) in [5.74, 6) is 0.789. The fourth-order valence-electron chi connectivity index (χ4n) is 4.21.